The Labute approximate surface area is 137 Å². The number of hydrogen-bond acceptors (Lipinski definition) is 4. The zero-order chi connectivity index (χ0) is 17.0. The van der Waals surface area contributed by atoms with Gasteiger partial charge in [0, 0.05) is 26.7 Å². The molecule has 1 saturated heterocycles. The van der Waals surface area contributed by atoms with Crippen molar-refractivity contribution >= 4 is 10.0 Å². The van der Waals surface area contributed by atoms with Gasteiger partial charge in [0.15, 0.2) is 0 Å². The van der Waals surface area contributed by atoms with Crippen LogP contribution in [0.1, 0.15) is 24.0 Å². The highest BCUT2D eigenvalue weighted by Gasteiger charge is 2.24. The predicted molar refractivity (Wildman–Crippen MR) is 86.6 cm³/mol. The molecule has 7 heteroatoms. The van der Waals surface area contributed by atoms with Gasteiger partial charge in [-0.1, -0.05) is 0 Å². The average Bonchev–Trinajstić information content (AvgIpc) is 2.47. The van der Waals surface area contributed by atoms with E-state index in [1.54, 1.807) is 7.05 Å². The first kappa shape index (κ1) is 17.9. The quantitative estimate of drug-likeness (QED) is 0.820. The fourth-order valence-electron chi connectivity index (χ4n) is 2.99. The van der Waals surface area contributed by atoms with Crippen LogP contribution in [0.2, 0.25) is 0 Å². The van der Waals surface area contributed by atoms with Gasteiger partial charge in [-0.2, -0.15) is 5.26 Å². The average molecular weight is 339 g/mol. The third-order valence-corrected chi connectivity index (χ3v) is 5.55. The van der Waals surface area contributed by atoms with E-state index >= 15 is 0 Å². The number of nitriles is 1. The van der Waals surface area contributed by atoms with Gasteiger partial charge >= 0.3 is 0 Å². The molecule has 1 atom stereocenters. The predicted octanol–water partition coefficient (Wildman–Crippen LogP) is 1.80. The Hall–Kier alpha value is -1.49. The second-order valence-electron chi connectivity index (χ2n) is 6.20. The normalized spacial score (nSPS) is 19.7. The van der Waals surface area contributed by atoms with Gasteiger partial charge in [-0.15, -0.1) is 0 Å². The van der Waals surface area contributed by atoms with Crippen molar-refractivity contribution in [3.05, 3.63) is 35.1 Å². The van der Waals surface area contributed by atoms with Crippen LogP contribution in [-0.4, -0.2) is 50.6 Å². The molecule has 2 rings (SSSR count). The molecule has 1 aliphatic rings. The first-order valence-electron chi connectivity index (χ1n) is 7.62. The Morgan fingerprint density at radius 1 is 1.48 bits per heavy atom. The van der Waals surface area contributed by atoms with Gasteiger partial charge in [0.1, 0.15) is 5.82 Å². The van der Waals surface area contributed by atoms with Crippen LogP contribution in [0.25, 0.3) is 0 Å². The summed E-state index contributed by atoms with van der Waals surface area (Å²) >= 11 is 0. The summed E-state index contributed by atoms with van der Waals surface area (Å²) in [5.41, 5.74) is 1.17. The number of piperidine rings is 1. The van der Waals surface area contributed by atoms with E-state index in [0.29, 0.717) is 24.2 Å². The summed E-state index contributed by atoms with van der Waals surface area (Å²) in [6.45, 7) is 2.63. The van der Waals surface area contributed by atoms with Crippen molar-refractivity contribution in [2.75, 3.05) is 32.9 Å². The van der Waals surface area contributed by atoms with Gasteiger partial charge in [-0.3, -0.25) is 4.90 Å². The van der Waals surface area contributed by atoms with E-state index in [0.717, 1.165) is 25.9 Å². The molecule has 0 aliphatic carbocycles. The molecule has 0 radical (unpaired) electrons. The van der Waals surface area contributed by atoms with Crippen LogP contribution in [0.4, 0.5) is 4.39 Å². The van der Waals surface area contributed by atoms with Crippen molar-refractivity contribution < 1.29 is 12.8 Å². The molecule has 1 heterocycles. The highest BCUT2D eigenvalue weighted by atomic mass is 32.2. The third-order valence-electron chi connectivity index (χ3n) is 4.27. The van der Waals surface area contributed by atoms with Crippen molar-refractivity contribution in [2.24, 2.45) is 5.92 Å². The van der Waals surface area contributed by atoms with Crippen LogP contribution in [0, 0.1) is 23.1 Å². The fourth-order valence-corrected chi connectivity index (χ4v) is 3.47. The topological polar surface area (TPSA) is 64.4 Å². The van der Waals surface area contributed by atoms with Crippen LogP contribution >= 0.6 is 0 Å². The van der Waals surface area contributed by atoms with E-state index in [1.165, 1.54) is 28.8 Å². The SMILES string of the molecule is CN(CC1CCCN(Cc2cc(F)ccc2C#N)C1)S(C)(=O)=O. The molecule has 1 unspecified atom stereocenters. The van der Waals surface area contributed by atoms with Crippen LogP contribution in [0.3, 0.4) is 0 Å². The number of likely N-dealkylation sites (tertiary alicyclic amines) is 1. The maximum Gasteiger partial charge on any atom is 0.210 e. The minimum Gasteiger partial charge on any atom is -0.299 e. The van der Waals surface area contributed by atoms with Crippen LogP contribution in [0.15, 0.2) is 18.2 Å². The molecule has 23 heavy (non-hydrogen) atoms. The summed E-state index contributed by atoms with van der Waals surface area (Å²) in [6.07, 6.45) is 3.16. The maximum absolute atomic E-state index is 13.4. The minimum atomic E-state index is -3.17. The van der Waals surface area contributed by atoms with E-state index in [9.17, 15) is 12.8 Å². The third kappa shape index (κ3) is 4.99. The molecular weight excluding hydrogens is 317 g/mol. The molecule has 0 amide bonds. The summed E-state index contributed by atoms with van der Waals surface area (Å²) < 4.78 is 37.9. The number of halogens is 1. The number of hydrogen-bond donors (Lipinski definition) is 0. The highest BCUT2D eigenvalue weighted by Crippen LogP contribution is 2.21. The van der Waals surface area contributed by atoms with Crippen LogP contribution < -0.4 is 0 Å². The minimum absolute atomic E-state index is 0.252. The first-order valence-corrected chi connectivity index (χ1v) is 9.46. The highest BCUT2D eigenvalue weighted by molar-refractivity contribution is 7.88. The standard InChI is InChI=1S/C16H22FN3O2S/c1-19(23(2,21)22)10-13-4-3-7-20(11-13)12-15-8-16(17)6-5-14(15)9-18/h5-6,8,13H,3-4,7,10-12H2,1-2H3. The summed E-state index contributed by atoms with van der Waals surface area (Å²) in [5.74, 6) is -0.0908. The van der Waals surface area contributed by atoms with Gasteiger partial charge < -0.3 is 0 Å². The summed E-state index contributed by atoms with van der Waals surface area (Å²) in [4.78, 5) is 2.17. The summed E-state index contributed by atoms with van der Waals surface area (Å²) in [7, 11) is -1.58. The first-order chi connectivity index (χ1) is 10.8. The number of sulfonamides is 1. The molecule has 0 bridgehead atoms. The molecule has 0 spiro atoms. The fraction of sp³-hybridized carbons (Fsp3) is 0.562. The molecule has 0 N–H and O–H groups in total. The largest absolute Gasteiger partial charge is 0.299 e. The lowest BCUT2D eigenvalue weighted by Gasteiger charge is -2.34. The second-order valence-corrected chi connectivity index (χ2v) is 8.29. The van der Waals surface area contributed by atoms with Gasteiger partial charge in [-0.25, -0.2) is 17.1 Å². The maximum atomic E-state index is 13.4. The Morgan fingerprint density at radius 2 is 2.22 bits per heavy atom. The molecule has 1 aliphatic heterocycles. The molecule has 126 valence electrons. The van der Waals surface area contributed by atoms with E-state index in [-0.39, 0.29) is 11.7 Å². The van der Waals surface area contributed by atoms with E-state index in [1.807, 2.05) is 0 Å². The monoisotopic (exact) mass is 339 g/mol. The van der Waals surface area contributed by atoms with E-state index in [4.69, 9.17) is 5.26 Å². The van der Waals surface area contributed by atoms with Crippen LogP contribution in [0.5, 0.6) is 0 Å². The number of rotatable bonds is 5. The lowest BCUT2D eigenvalue weighted by atomic mass is 9.97. The lowest BCUT2D eigenvalue weighted by Crippen LogP contribution is -2.41. The van der Waals surface area contributed by atoms with Gasteiger partial charge in [0.2, 0.25) is 10.0 Å². The Kier molecular flexibility index (Phi) is 5.74. The molecule has 5 nitrogen and oxygen atoms in total. The van der Waals surface area contributed by atoms with Crippen molar-refractivity contribution in [3.8, 4) is 6.07 Å². The number of nitrogens with zero attached hydrogens (tertiary/aromatic N) is 3. The van der Waals surface area contributed by atoms with Gasteiger partial charge in [0.25, 0.3) is 0 Å². The van der Waals surface area contributed by atoms with Gasteiger partial charge in [0.05, 0.1) is 17.9 Å². The molecular formula is C16H22FN3O2S. The van der Waals surface area contributed by atoms with E-state index < -0.39 is 10.0 Å². The van der Waals surface area contributed by atoms with Crippen LogP contribution in [-0.2, 0) is 16.6 Å². The Morgan fingerprint density at radius 3 is 2.87 bits per heavy atom. The zero-order valence-corrected chi connectivity index (χ0v) is 14.3. The van der Waals surface area contributed by atoms with Crippen molar-refractivity contribution in [3.63, 3.8) is 0 Å². The zero-order valence-electron chi connectivity index (χ0n) is 13.5. The molecule has 1 aromatic carbocycles. The lowest BCUT2D eigenvalue weighted by molar-refractivity contribution is 0.155. The van der Waals surface area contributed by atoms with Crippen molar-refractivity contribution in [2.45, 2.75) is 19.4 Å². The smallest absolute Gasteiger partial charge is 0.210 e. The number of benzene rings is 1. The van der Waals surface area contributed by atoms with Crippen molar-refractivity contribution in [1.82, 2.24) is 9.21 Å². The summed E-state index contributed by atoms with van der Waals surface area (Å²) in [5, 5.41) is 9.13. The molecule has 1 aromatic rings. The Balaban J connectivity index is 2.02. The summed E-state index contributed by atoms with van der Waals surface area (Å²) in [6, 6.07) is 6.30. The molecule has 0 saturated carbocycles. The van der Waals surface area contributed by atoms with Crippen molar-refractivity contribution in [1.29, 1.82) is 5.26 Å². The second kappa shape index (κ2) is 7.39. The van der Waals surface area contributed by atoms with Gasteiger partial charge in [-0.05, 0) is 49.1 Å². The Bertz CT molecular complexity index is 700. The molecule has 0 aromatic heterocycles. The van der Waals surface area contributed by atoms with E-state index in [2.05, 4.69) is 11.0 Å². The molecule has 1 fully saturated rings.